The number of nitrogens with zero attached hydrogens (tertiary/aromatic N) is 2. The van der Waals surface area contributed by atoms with E-state index >= 15 is 0 Å². The van der Waals surface area contributed by atoms with Gasteiger partial charge in [-0.15, -0.1) is 0 Å². The summed E-state index contributed by atoms with van der Waals surface area (Å²) in [6.45, 7) is 3.24. The molecule has 2 aliphatic rings. The molecular weight excluding hydrogens is 218 g/mol. The fraction of sp³-hybridized carbons (Fsp3) is 0.833. The Morgan fingerprint density at radius 1 is 1.41 bits per heavy atom. The van der Waals surface area contributed by atoms with Gasteiger partial charge in [-0.2, -0.15) is 4.98 Å². The minimum Gasteiger partial charge on any atom is -0.373 e. The molecule has 1 aromatic heterocycles. The Labute approximate surface area is 101 Å². The zero-order chi connectivity index (χ0) is 11.8. The summed E-state index contributed by atoms with van der Waals surface area (Å²) in [5.41, 5.74) is 0. The van der Waals surface area contributed by atoms with Gasteiger partial charge in [0, 0.05) is 7.11 Å². The lowest BCUT2D eigenvalue weighted by molar-refractivity contribution is 0.0751. The summed E-state index contributed by atoms with van der Waals surface area (Å²) in [5, 5.41) is 7.48. The van der Waals surface area contributed by atoms with Crippen molar-refractivity contribution in [1.82, 2.24) is 15.5 Å². The van der Waals surface area contributed by atoms with Gasteiger partial charge in [-0.25, -0.2) is 0 Å². The molecular formula is C12H19N3O2. The Morgan fingerprint density at radius 3 is 2.82 bits per heavy atom. The third-order valence-corrected chi connectivity index (χ3v) is 3.82. The van der Waals surface area contributed by atoms with Crippen molar-refractivity contribution in [2.75, 3.05) is 13.7 Å². The van der Waals surface area contributed by atoms with Crippen LogP contribution >= 0.6 is 0 Å². The first-order valence-electron chi connectivity index (χ1n) is 6.39. The lowest BCUT2D eigenvalue weighted by Crippen LogP contribution is -2.17. The first kappa shape index (κ1) is 11.2. The molecule has 2 fully saturated rings. The SMILES string of the molecule is COC(c1noc(C2NCCC2C)n1)C1CC1. The van der Waals surface area contributed by atoms with Crippen LogP contribution in [-0.2, 0) is 4.74 Å². The Hall–Kier alpha value is -0.940. The van der Waals surface area contributed by atoms with Gasteiger partial charge >= 0.3 is 0 Å². The van der Waals surface area contributed by atoms with E-state index in [0.29, 0.717) is 23.6 Å². The van der Waals surface area contributed by atoms with Gasteiger partial charge in [0.25, 0.3) is 0 Å². The first-order chi connectivity index (χ1) is 8.29. The van der Waals surface area contributed by atoms with Gasteiger partial charge < -0.3 is 14.6 Å². The molecule has 0 aromatic carbocycles. The third-order valence-electron chi connectivity index (χ3n) is 3.82. The predicted octanol–water partition coefficient (Wildman–Crippen LogP) is 1.84. The molecule has 1 saturated carbocycles. The molecule has 0 spiro atoms. The first-order valence-corrected chi connectivity index (χ1v) is 6.39. The number of aromatic nitrogens is 2. The molecule has 1 N–H and O–H groups in total. The van der Waals surface area contributed by atoms with E-state index in [-0.39, 0.29) is 12.1 Å². The highest BCUT2D eigenvalue weighted by Crippen LogP contribution is 2.42. The van der Waals surface area contributed by atoms with Gasteiger partial charge in [-0.1, -0.05) is 12.1 Å². The summed E-state index contributed by atoms with van der Waals surface area (Å²) >= 11 is 0. The van der Waals surface area contributed by atoms with E-state index < -0.39 is 0 Å². The average Bonchev–Trinajstić information content (AvgIpc) is 2.87. The quantitative estimate of drug-likeness (QED) is 0.865. The van der Waals surface area contributed by atoms with Crippen molar-refractivity contribution >= 4 is 0 Å². The zero-order valence-corrected chi connectivity index (χ0v) is 10.3. The topological polar surface area (TPSA) is 60.2 Å². The maximum absolute atomic E-state index is 5.46. The number of hydrogen-bond acceptors (Lipinski definition) is 5. The van der Waals surface area contributed by atoms with E-state index in [0.717, 1.165) is 6.54 Å². The van der Waals surface area contributed by atoms with Gasteiger partial charge in [0.2, 0.25) is 11.7 Å². The second kappa shape index (κ2) is 4.38. The van der Waals surface area contributed by atoms with Crippen LogP contribution in [0.3, 0.4) is 0 Å². The molecule has 1 saturated heterocycles. The van der Waals surface area contributed by atoms with E-state index in [1.165, 1.54) is 19.3 Å². The number of nitrogens with one attached hydrogen (secondary N) is 1. The highest BCUT2D eigenvalue weighted by Gasteiger charge is 2.37. The minimum atomic E-state index is 0.0178. The lowest BCUT2D eigenvalue weighted by Gasteiger charge is -2.10. The minimum absolute atomic E-state index is 0.0178. The molecule has 3 atom stereocenters. The van der Waals surface area contributed by atoms with Crippen LogP contribution in [-0.4, -0.2) is 23.8 Å². The molecule has 0 amide bonds. The monoisotopic (exact) mass is 237 g/mol. The number of rotatable bonds is 4. The van der Waals surface area contributed by atoms with Crippen LogP contribution in [0.2, 0.25) is 0 Å². The number of hydrogen-bond donors (Lipinski definition) is 1. The standard InChI is InChI=1S/C12H19N3O2/c1-7-5-6-13-9(7)12-14-11(15-17-12)10(16-2)8-3-4-8/h7-10,13H,3-6H2,1-2H3. The highest BCUT2D eigenvalue weighted by molar-refractivity contribution is 5.02. The second-order valence-electron chi connectivity index (χ2n) is 5.18. The summed E-state index contributed by atoms with van der Waals surface area (Å²) in [6.07, 6.45) is 3.60. The Balaban J connectivity index is 1.77. The summed E-state index contributed by atoms with van der Waals surface area (Å²) in [5.74, 6) is 2.57. The second-order valence-corrected chi connectivity index (χ2v) is 5.18. The van der Waals surface area contributed by atoms with Crippen LogP contribution in [0.5, 0.6) is 0 Å². The van der Waals surface area contributed by atoms with Crippen molar-refractivity contribution in [3.05, 3.63) is 11.7 Å². The van der Waals surface area contributed by atoms with Gasteiger partial charge in [0.1, 0.15) is 6.10 Å². The highest BCUT2D eigenvalue weighted by atomic mass is 16.5. The molecule has 0 bridgehead atoms. The van der Waals surface area contributed by atoms with Gasteiger partial charge in [0.05, 0.1) is 6.04 Å². The number of ether oxygens (including phenoxy) is 1. The fourth-order valence-electron chi connectivity index (χ4n) is 2.56. The van der Waals surface area contributed by atoms with Crippen molar-refractivity contribution in [3.8, 4) is 0 Å². The van der Waals surface area contributed by atoms with Gasteiger partial charge in [-0.05, 0) is 37.6 Å². The van der Waals surface area contributed by atoms with Crippen molar-refractivity contribution in [2.24, 2.45) is 11.8 Å². The molecule has 3 unspecified atom stereocenters. The van der Waals surface area contributed by atoms with Crippen LogP contribution in [0.4, 0.5) is 0 Å². The smallest absolute Gasteiger partial charge is 0.244 e. The van der Waals surface area contributed by atoms with Crippen molar-refractivity contribution in [3.63, 3.8) is 0 Å². The van der Waals surface area contributed by atoms with Gasteiger partial charge in [-0.3, -0.25) is 0 Å². The summed E-state index contributed by atoms with van der Waals surface area (Å²) in [7, 11) is 1.72. The zero-order valence-electron chi connectivity index (χ0n) is 10.3. The van der Waals surface area contributed by atoms with E-state index in [1.807, 2.05) is 0 Å². The third kappa shape index (κ3) is 2.09. The van der Waals surface area contributed by atoms with Crippen LogP contribution in [0.15, 0.2) is 4.52 Å². The van der Waals surface area contributed by atoms with Crippen LogP contribution in [0, 0.1) is 11.8 Å². The molecule has 2 heterocycles. The molecule has 94 valence electrons. The summed E-state index contributed by atoms with van der Waals surface area (Å²) < 4.78 is 10.8. The lowest BCUT2D eigenvalue weighted by atomic mass is 10.0. The van der Waals surface area contributed by atoms with Crippen LogP contribution in [0.1, 0.15) is 50.0 Å². The molecule has 3 rings (SSSR count). The predicted molar refractivity (Wildman–Crippen MR) is 61.3 cm³/mol. The fourth-order valence-corrected chi connectivity index (χ4v) is 2.56. The Kier molecular flexibility index (Phi) is 2.88. The van der Waals surface area contributed by atoms with E-state index in [2.05, 4.69) is 22.4 Å². The maximum Gasteiger partial charge on any atom is 0.244 e. The van der Waals surface area contributed by atoms with Crippen LogP contribution in [0.25, 0.3) is 0 Å². The molecule has 0 radical (unpaired) electrons. The summed E-state index contributed by atoms with van der Waals surface area (Å²) in [4.78, 5) is 4.51. The molecule has 1 aliphatic heterocycles. The van der Waals surface area contributed by atoms with Crippen molar-refractivity contribution < 1.29 is 9.26 Å². The van der Waals surface area contributed by atoms with E-state index in [9.17, 15) is 0 Å². The summed E-state index contributed by atoms with van der Waals surface area (Å²) in [6, 6.07) is 0.216. The Morgan fingerprint density at radius 2 is 2.24 bits per heavy atom. The van der Waals surface area contributed by atoms with E-state index in [1.54, 1.807) is 7.11 Å². The van der Waals surface area contributed by atoms with Crippen LogP contribution < -0.4 is 5.32 Å². The van der Waals surface area contributed by atoms with Crippen molar-refractivity contribution in [2.45, 2.75) is 38.3 Å². The van der Waals surface area contributed by atoms with E-state index in [4.69, 9.17) is 9.26 Å². The van der Waals surface area contributed by atoms with Crippen molar-refractivity contribution in [1.29, 1.82) is 0 Å². The molecule has 5 nitrogen and oxygen atoms in total. The largest absolute Gasteiger partial charge is 0.373 e. The van der Waals surface area contributed by atoms with Gasteiger partial charge in [0.15, 0.2) is 0 Å². The molecule has 5 heteroatoms. The average molecular weight is 237 g/mol. The maximum atomic E-state index is 5.46. The molecule has 1 aromatic rings. The Bertz CT molecular complexity index is 372. The molecule has 1 aliphatic carbocycles. The normalized spacial score (nSPS) is 30.7. The molecule has 17 heavy (non-hydrogen) atoms. The number of methoxy groups -OCH3 is 1.